The summed E-state index contributed by atoms with van der Waals surface area (Å²) in [5.74, 6) is 1.97. The van der Waals surface area contributed by atoms with Crippen LogP contribution in [0, 0.1) is 12.3 Å². The minimum atomic E-state index is -0.326. The van der Waals surface area contributed by atoms with Gasteiger partial charge < -0.3 is 14.5 Å². The maximum Gasteiger partial charge on any atom is 0.228 e. The summed E-state index contributed by atoms with van der Waals surface area (Å²) in [6, 6.07) is 8.14. The van der Waals surface area contributed by atoms with Gasteiger partial charge in [0.05, 0.1) is 7.11 Å². The Morgan fingerprint density at radius 3 is 2.44 bits per heavy atom. The molecule has 0 unspecified atom stereocenters. The fourth-order valence-electron chi connectivity index (χ4n) is 3.31. The lowest BCUT2D eigenvalue weighted by molar-refractivity contribution is -0.139. The first-order chi connectivity index (χ1) is 11.8. The van der Waals surface area contributed by atoms with Crippen molar-refractivity contribution in [2.45, 2.75) is 27.7 Å². The van der Waals surface area contributed by atoms with E-state index in [2.05, 4.69) is 24.0 Å². The molecule has 3 rings (SSSR count). The molecular weight excluding hydrogens is 314 g/mol. The van der Waals surface area contributed by atoms with E-state index in [1.54, 1.807) is 7.11 Å². The number of hydrogen-bond acceptors (Lipinski definition) is 4. The highest BCUT2D eigenvalue weighted by Gasteiger charge is 2.30. The molecular formula is C20H27N3O2. The van der Waals surface area contributed by atoms with Crippen molar-refractivity contribution < 1.29 is 9.53 Å². The van der Waals surface area contributed by atoms with Gasteiger partial charge in [0.1, 0.15) is 17.1 Å². The maximum atomic E-state index is 12.5. The average Bonchev–Trinajstić information content (AvgIpc) is 2.60. The number of methoxy groups -OCH3 is 1. The van der Waals surface area contributed by atoms with Crippen LogP contribution in [0.1, 0.15) is 26.3 Å². The Kier molecular flexibility index (Phi) is 4.58. The van der Waals surface area contributed by atoms with E-state index < -0.39 is 0 Å². The molecule has 0 bridgehead atoms. The SMILES string of the molecule is COc1cccc2c(C)cc(N3CCN(C(=O)C(C)(C)C)CC3)nc12. The number of aromatic nitrogens is 1. The van der Waals surface area contributed by atoms with Gasteiger partial charge >= 0.3 is 0 Å². The van der Waals surface area contributed by atoms with E-state index in [-0.39, 0.29) is 11.3 Å². The topological polar surface area (TPSA) is 45.7 Å². The van der Waals surface area contributed by atoms with Gasteiger partial charge in [-0.3, -0.25) is 4.79 Å². The number of amides is 1. The molecule has 0 N–H and O–H groups in total. The molecule has 134 valence electrons. The molecule has 1 aliphatic rings. The van der Waals surface area contributed by atoms with Gasteiger partial charge in [0, 0.05) is 37.0 Å². The van der Waals surface area contributed by atoms with E-state index >= 15 is 0 Å². The highest BCUT2D eigenvalue weighted by molar-refractivity contribution is 5.89. The molecule has 0 aliphatic carbocycles. The van der Waals surface area contributed by atoms with Gasteiger partial charge in [0.2, 0.25) is 5.91 Å². The molecule has 0 saturated carbocycles. The van der Waals surface area contributed by atoms with E-state index in [1.165, 1.54) is 5.56 Å². The van der Waals surface area contributed by atoms with E-state index in [1.807, 2.05) is 37.8 Å². The zero-order chi connectivity index (χ0) is 18.2. The second kappa shape index (κ2) is 6.54. The zero-order valence-corrected chi connectivity index (χ0v) is 15.8. The van der Waals surface area contributed by atoms with Gasteiger partial charge in [0.25, 0.3) is 0 Å². The molecule has 0 spiro atoms. The standard InChI is InChI=1S/C20H27N3O2/c1-14-13-17(21-18-15(14)7-6-8-16(18)25-5)22-9-11-23(12-10-22)19(24)20(2,3)4/h6-8,13H,9-12H2,1-5H3. The molecule has 0 radical (unpaired) electrons. The van der Waals surface area contributed by atoms with E-state index in [0.717, 1.165) is 48.6 Å². The second-order valence-electron chi connectivity index (χ2n) is 7.68. The van der Waals surface area contributed by atoms with Crippen LogP contribution in [0.2, 0.25) is 0 Å². The van der Waals surface area contributed by atoms with Crippen LogP contribution in [0.3, 0.4) is 0 Å². The molecule has 1 saturated heterocycles. The first kappa shape index (κ1) is 17.5. The number of hydrogen-bond donors (Lipinski definition) is 0. The summed E-state index contributed by atoms with van der Waals surface area (Å²) in [6.07, 6.45) is 0. The number of carbonyl (C=O) groups is 1. The summed E-state index contributed by atoms with van der Waals surface area (Å²) < 4.78 is 5.48. The number of benzene rings is 1. The molecule has 1 aromatic carbocycles. The number of aryl methyl sites for hydroxylation is 1. The van der Waals surface area contributed by atoms with Crippen molar-refractivity contribution in [2.24, 2.45) is 5.41 Å². The third kappa shape index (κ3) is 3.41. The summed E-state index contributed by atoms with van der Waals surface area (Å²) in [7, 11) is 1.68. The van der Waals surface area contributed by atoms with Crippen molar-refractivity contribution >= 4 is 22.6 Å². The lowest BCUT2D eigenvalue weighted by atomic mass is 9.94. The monoisotopic (exact) mass is 341 g/mol. The highest BCUT2D eigenvalue weighted by Crippen LogP contribution is 2.29. The van der Waals surface area contributed by atoms with Crippen LogP contribution in [0.4, 0.5) is 5.82 Å². The van der Waals surface area contributed by atoms with E-state index in [4.69, 9.17) is 9.72 Å². The Hall–Kier alpha value is -2.30. The number of fused-ring (bicyclic) bond motifs is 1. The number of rotatable bonds is 2. The van der Waals surface area contributed by atoms with Gasteiger partial charge in [0.15, 0.2) is 0 Å². The molecule has 0 atom stereocenters. The number of nitrogens with zero attached hydrogens (tertiary/aromatic N) is 3. The van der Waals surface area contributed by atoms with Crippen molar-refractivity contribution in [1.82, 2.24) is 9.88 Å². The van der Waals surface area contributed by atoms with Gasteiger partial charge in [-0.15, -0.1) is 0 Å². The molecule has 25 heavy (non-hydrogen) atoms. The van der Waals surface area contributed by atoms with Crippen LogP contribution in [-0.4, -0.2) is 49.1 Å². The van der Waals surface area contributed by atoms with Gasteiger partial charge in [-0.25, -0.2) is 4.98 Å². The Bertz CT molecular complexity index is 787. The number of carbonyl (C=O) groups excluding carboxylic acids is 1. The molecule has 5 nitrogen and oxygen atoms in total. The lowest BCUT2D eigenvalue weighted by Crippen LogP contribution is -2.51. The molecule has 1 amide bonds. The molecule has 5 heteroatoms. The molecule has 2 heterocycles. The third-order valence-electron chi connectivity index (χ3n) is 4.75. The fourth-order valence-corrected chi connectivity index (χ4v) is 3.31. The molecule has 1 aliphatic heterocycles. The normalized spacial score (nSPS) is 15.6. The van der Waals surface area contributed by atoms with Crippen molar-refractivity contribution in [2.75, 3.05) is 38.2 Å². The molecule has 1 fully saturated rings. The Labute approximate surface area is 149 Å². The van der Waals surface area contributed by atoms with Crippen LogP contribution in [0.5, 0.6) is 5.75 Å². The van der Waals surface area contributed by atoms with Crippen LogP contribution < -0.4 is 9.64 Å². The minimum Gasteiger partial charge on any atom is -0.494 e. The molecule has 1 aromatic heterocycles. The summed E-state index contributed by atoms with van der Waals surface area (Å²) in [5, 5.41) is 1.12. The average molecular weight is 341 g/mol. The largest absolute Gasteiger partial charge is 0.494 e. The predicted octanol–water partition coefficient (Wildman–Crippen LogP) is 3.25. The smallest absolute Gasteiger partial charge is 0.228 e. The fraction of sp³-hybridized carbons (Fsp3) is 0.500. The van der Waals surface area contributed by atoms with E-state index in [0.29, 0.717) is 0 Å². The van der Waals surface area contributed by atoms with Crippen molar-refractivity contribution in [3.63, 3.8) is 0 Å². The van der Waals surface area contributed by atoms with Crippen molar-refractivity contribution in [3.8, 4) is 5.75 Å². The summed E-state index contributed by atoms with van der Waals surface area (Å²) in [6.45, 7) is 11.1. The van der Waals surface area contributed by atoms with Crippen LogP contribution in [0.25, 0.3) is 10.9 Å². The number of para-hydroxylation sites is 1. The van der Waals surface area contributed by atoms with Crippen LogP contribution in [-0.2, 0) is 4.79 Å². The minimum absolute atomic E-state index is 0.219. The van der Waals surface area contributed by atoms with Crippen molar-refractivity contribution in [3.05, 3.63) is 29.8 Å². The lowest BCUT2D eigenvalue weighted by Gasteiger charge is -2.38. The quantitative estimate of drug-likeness (QED) is 0.841. The van der Waals surface area contributed by atoms with Crippen molar-refractivity contribution in [1.29, 1.82) is 0 Å². The van der Waals surface area contributed by atoms with Gasteiger partial charge in [-0.05, 0) is 24.6 Å². The predicted molar refractivity (Wildman–Crippen MR) is 101 cm³/mol. The second-order valence-corrected chi connectivity index (χ2v) is 7.68. The Morgan fingerprint density at radius 1 is 1.16 bits per heavy atom. The number of pyridine rings is 1. The first-order valence-corrected chi connectivity index (χ1v) is 8.80. The molecule has 2 aromatic rings. The summed E-state index contributed by atoms with van der Waals surface area (Å²) in [5.41, 5.74) is 1.76. The Balaban J connectivity index is 1.83. The first-order valence-electron chi connectivity index (χ1n) is 8.80. The summed E-state index contributed by atoms with van der Waals surface area (Å²) >= 11 is 0. The number of ether oxygens (including phenoxy) is 1. The van der Waals surface area contributed by atoms with Crippen LogP contribution >= 0.6 is 0 Å². The van der Waals surface area contributed by atoms with E-state index in [9.17, 15) is 4.79 Å². The Morgan fingerprint density at radius 2 is 1.84 bits per heavy atom. The van der Waals surface area contributed by atoms with Gasteiger partial charge in [-0.1, -0.05) is 32.9 Å². The van der Waals surface area contributed by atoms with Crippen LogP contribution in [0.15, 0.2) is 24.3 Å². The number of piperazine rings is 1. The third-order valence-corrected chi connectivity index (χ3v) is 4.75. The number of anilines is 1. The summed E-state index contributed by atoms with van der Waals surface area (Å²) in [4.78, 5) is 21.5. The highest BCUT2D eigenvalue weighted by atomic mass is 16.5. The zero-order valence-electron chi connectivity index (χ0n) is 15.8. The maximum absolute atomic E-state index is 12.5. The van der Waals surface area contributed by atoms with Gasteiger partial charge in [-0.2, -0.15) is 0 Å².